The van der Waals surface area contributed by atoms with E-state index in [4.69, 9.17) is 15.6 Å². The Bertz CT molecular complexity index is 441. The summed E-state index contributed by atoms with van der Waals surface area (Å²) in [6.45, 7) is 0. The van der Waals surface area contributed by atoms with Crippen LogP contribution in [-0.2, 0) is 11.2 Å². The van der Waals surface area contributed by atoms with Crippen molar-refractivity contribution in [2.45, 2.75) is 81.9 Å². The molecule has 2 N–H and O–H groups in total. The van der Waals surface area contributed by atoms with Gasteiger partial charge in [0.2, 0.25) is 0 Å². The third-order valence-corrected chi connectivity index (χ3v) is 5.42. The molecule has 0 bridgehead atoms. The highest BCUT2D eigenvalue weighted by molar-refractivity contribution is 5.04. The molecule has 1 atom stereocenters. The minimum atomic E-state index is 0.0609. The van der Waals surface area contributed by atoms with Crippen molar-refractivity contribution in [2.24, 2.45) is 5.73 Å². The van der Waals surface area contributed by atoms with Crippen LogP contribution in [0.5, 0.6) is 0 Å². The average Bonchev–Trinajstić information content (AvgIpc) is 2.92. The zero-order chi connectivity index (χ0) is 14.7. The molecule has 4 heteroatoms. The molecule has 2 fully saturated rings. The maximum Gasteiger partial charge on any atom is 0.0693 e. The molecule has 118 valence electrons. The maximum absolute atomic E-state index is 6.34. The standard InChI is InChI=1S/C17H29N3O/c1-21-17(9-5-10-17)13-14(18)12-15-8-11-20(19-15)16-6-3-2-4-7-16/h8,11,14,16H,2-7,9-10,12-13,18H2,1H3. The minimum Gasteiger partial charge on any atom is -0.378 e. The van der Waals surface area contributed by atoms with Crippen LogP contribution in [0.25, 0.3) is 0 Å². The molecule has 1 heterocycles. The summed E-state index contributed by atoms with van der Waals surface area (Å²) in [5, 5.41) is 4.77. The highest BCUT2D eigenvalue weighted by atomic mass is 16.5. The first kappa shape index (κ1) is 15.0. The molecular weight excluding hydrogens is 262 g/mol. The number of nitrogens with zero attached hydrogens (tertiary/aromatic N) is 2. The van der Waals surface area contributed by atoms with E-state index in [0.29, 0.717) is 6.04 Å². The SMILES string of the molecule is COC1(CC(N)Cc2ccn(C3CCCCC3)n2)CCC1. The number of ether oxygens (including phenoxy) is 1. The quantitative estimate of drug-likeness (QED) is 0.875. The molecule has 21 heavy (non-hydrogen) atoms. The number of methoxy groups -OCH3 is 1. The van der Waals surface area contributed by atoms with E-state index in [1.54, 1.807) is 0 Å². The third-order valence-electron chi connectivity index (χ3n) is 5.42. The number of hydrogen-bond donors (Lipinski definition) is 1. The Morgan fingerprint density at radius 1 is 1.33 bits per heavy atom. The third kappa shape index (κ3) is 3.49. The van der Waals surface area contributed by atoms with E-state index in [1.165, 1.54) is 38.5 Å². The number of hydrogen-bond acceptors (Lipinski definition) is 3. The fourth-order valence-corrected chi connectivity index (χ4v) is 3.92. The molecule has 1 unspecified atom stereocenters. The van der Waals surface area contributed by atoms with Gasteiger partial charge in [0.05, 0.1) is 17.3 Å². The van der Waals surface area contributed by atoms with Gasteiger partial charge in [-0.05, 0) is 44.6 Å². The Labute approximate surface area is 128 Å². The summed E-state index contributed by atoms with van der Waals surface area (Å²) in [5.41, 5.74) is 7.53. The van der Waals surface area contributed by atoms with Crippen LogP contribution in [-0.4, -0.2) is 28.5 Å². The van der Waals surface area contributed by atoms with E-state index >= 15 is 0 Å². The molecular formula is C17H29N3O. The zero-order valence-corrected chi connectivity index (χ0v) is 13.3. The van der Waals surface area contributed by atoms with Crippen LogP contribution in [0.1, 0.15) is 69.5 Å². The van der Waals surface area contributed by atoms with E-state index in [9.17, 15) is 0 Å². The second-order valence-electron chi connectivity index (χ2n) is 6.99. The number of aromatic nitrogens is 2. The van der Waals surface area contributed by atoms with Gasteiger partial charge in [0.1, 0.15) is 0 Å². The van der Waals surface area contributed by atoms with Crippen molar-refractivity contribution in [1.29, 1.82) is 0 Å². The number of nitrogens with two attached hydrogens (primary N) is 1. The van der Waals surface area contributed by atoms with Crippen LogP contribution >= 0.6 is 0 Å². The zero-order valence-electron chi connectivity index (χ0n) is 13.3. The van der Waals surface area contributed by atoms with Crippen molar-refractivity contribution < 1.29 is 4.74 Å². The van der Waals surface area contributed by atoms with Crippen molar-refractivity contribution in [3.05, 3.63) is 18.0 Å². The minimum absolute atomic E-state index is 0.0609. The van der Waals surface area contributed by atoms with Gasteiger partial charge < -0.3 is 10.5 Å². The summed E-state index contributed by atoms with van der Waals surface area (Å²) in [4.78, 5) is 0. The van der Waals surface area contributed by atoms with Gasteiger partial charge in [-0.15, -0.1) is 0 Å². The highest BCUT2D eigenvalue weighted by Crippen LogP contribution is 2.39. The number of rotatable bonds is 6. The first-order valence-corrected chi connectivity index (χ1v) is 8.55. The molecule has 3 rings (SSSR count). The lowest BCUT2D eigenvalue weighted by atomic mass is 9.75. The van der Waals surface area contributed by atoms with Crippen molar-refractivity contribution in [1.82, 2.24) is 9.78 Å². The Morgan fingerprint density at radius 3 is 2.71 bits per heavy atom. The van der Waals surface area contributed by atoms with Crippen molar-refractivity contribution in [3.8, 4) is 0 Å². The lowest BCUT2D eigenvalue weighted by Gasteiger charge is -2.42. The first-order chi connectivity index (χ1) is 10.2. The highest BCUT2D eigenvalue weighted by Gasteiger charge is 2.38. The summed E-state index contributed by atoms with van der Waals surface area (Å²) in [7, 11) is 1.82. The fraction of sp³-hybridized carbons (Fsp3) is 0.824. The van der Waals surface area contributed by atoms with Crippen LogP contribution in [0.4, 0.5) is 0 Å². The molecule has 2 saturated carbocycles. The van der Waals surface area contributed by atoms with Gasteiger partial charge in [-0.25, -0.2) is 0 Å². The molecule has 1 aromatic rings. The van der Waals surface area contributed by atoms with Crippen LogP contribution in [0.3, 0.4) is 0 Å². The van der Waals surface area contributed by atoms with Crippen molar-refractivity contribution in [3.63, 3.8) is 0 Å². The van der Waals surface area contributed by atoms with Gasteiger partial charge >= 0.3 is 0 Å². The van der Waals surface area contributed by atoms with Gasteiger partial charge in [0.15, 0.2) is 0 Å². The molecule has 0 saturated heterocycles. The molecule has 2 aliphatic rings. The van der Waals surface area contributed by atoms with E-state index < -0.39 is 0 Å². The molecule has 0 aliphatic heterocycles. The molecule has 1 aromatic heterocycles. The Kier molecular flexibility index (Phi) is 4.65. The lowest BCUT2D eigenvalue weighted by molar-refractivity contribution is -0.0813. The molecule has 0 aromatic carbocycles. The molecule has 0 spiro atoms. The largest absolute Gasteiger partial charge is 0.378 e. The summed E-state index contributed by atoms with van der Waals surface area (Å²) in [6, 6.07) is 2.91. The topological polar surface area (TPSA) is 53.1 Å². The predicted molar refractivity (Wildman–Crippen MR) is 84.2 cm³/mol. The van der Waals surface area contributed by atoms with E-state index in [-0.39, 0.29) is 11.6 Å². The van der Waals surface area contributed by atoms with E-state index in [1.807, 2.05) is 7.11 Å². The van der Waals surface area contributed by atoms with Gasteiger partial charge in [-0.1, -0.05) is 19.3 Å². The molecule has 0 amide bonds. The molecule has 4 nitrogen and oxygen atoms in total. The predicted octanol–water partition coefficient (Wildman–Crippen LogP) is 3.22. The van der Waals surface area contributed by atoms with Crippen LogP contribution in [0.2, 0.25) is 0 Å². The average molecular weight is 291 g/mol. The maximum atomic E-state index is 6.34. The summed E-state index contributed by atoms with van der Waals surface area (Å²) >= 11 is 0. The van der Waals surface area contributed by atoms with Crippen molar-refractivity contribution in [2.75, 3.05) is 7.11 Å². The van der Waals surface area contributed by atoms with Crippen LogP contribution in [0.15, 0.2) is 12.3 Å². The summed E-state index contributed by atoms with van der Waals surface area (Å²) in [5.74, 6) is 0. The lowest BCUT2D eigenvalue weighted by Crippen LogP contribution is -2.45. The second-order valence-corrected chi connectivity index (χ2v) is 6.99. The Morgan fingerprint density at radius 2 is 2.10 bits per heavy atom. The first-order valence-electron chi connectivity index (χ1n) is 8.55. The Hall–Kier alpha value is -0.870. The van der Waals surface area contributed by atoms with Gasteiger partial charge in [0.25, 0.3) is 0 Å². The second kappa shape index (κ2) is 6.49. The van der Waals surface area contributed by atoms with Crippen molar-refractivity contribution >= 4 is 0 Å². The van der Waals surface area contributed by atoms with E-state index in [0.717, 1.165) is 31.4 Å². The molecule has 2 aliphatic carbocycles. The molecule has 0 radical (unpaired) electrons. The normalized spacial score (nSPS) is 23.7. The monoisotopic (exact) mass is 291 g/mol. The van der Waals surface area contributed by atoms with Gasteiger partial charge in [-0.2, -0.15) is 5.10 Å². The fourth-order valence-electron chi connectivity index (χ4n) is 3.92. The van der Waals surface area contributed by atoms with Gasteiger partial charge in [0, 0.05) is 25.8 Å². The van der Waals surface area contributed by atoms with E-state index in [2.05, 4.69) is 16.9 Å². The van der Waals surface area contributed by atoms with Crippen LogP contribution < -0.4 is 5.73 Å². The van der Waals surface area contributed by atoms with Gasteiger partial charge in [-0.3, -0.25) is 4.68 Å². The summed E-state index contributed by atoms with van der Waals surface area (Å²) < 4.78 is 7.85. The van der Waals surface area contributed by atoms with Crippen LogP contribution in [0, 0.1) is 0 Å². The Balaban J connectivity index is 1.54. The smallest absolute Gasteiger partial charge is 0.0693 e. The summed E-state index contributed by atoms with van der Waals surface area (Å²) in [6.07, 6.45) is 14.2.